The molecule has 1 N–H and O–H groups in total. The molecule has 0 fully saturated rings. The van der Waals surface area contributed by atoms with Gasteiger partial charge in [0.05, 0.1) is 25.4 Å². The number of hydrogen-bond acceptors (Lipinski definition) is 8. The second kappa shape index (κ2) is 9.88. The number of anilines is 1. The maximum atomic E-state index is 12.9. The van der Waals surface area contributed by atoms with Crippen LogP contribution in [0.25, 0.3) is 0 Å². The van der Waals surface area contributed by atoms with Crippen LogP contribution in [0.5, 0.6) is 11.5 Å². The number of benzene rings is 1. The Morgan fingerprint density at radius 1 is 1.13 bits per heavy atom. The van der Waals surface area contributed by atoms with Crippen molar-refractivity contribution in [2.45, 2.75) is 45.8 Å². The van der Waals surface area contributed by atoms with Crippen molar-refractivity contribution in [1.29, 1.82) is 0 Å². The molecule has 1 aliphatic rings. The molecule has 1 aromatic carbocycles. The minimum atomic E-state index is -0.492. The number of fused-ring (bicyclic) bond motifs is 1. The molecule has 0 aliphatic carbocycles. The Balaban J connectivity index is 2.14. The third kappa shape index (κ3) is 4.40. The molecule has 0 spiro atoms. The molecule has 0 amide bonds. The largest absolute Gasteiger partial charge is 0.490 e. The van der Waals surface area contributed by atoms with E-state index in [1.54, 1.807) is 23.4 Å². The number of allylic oxidation sites excluding steroid dienone is 1. The van der Waals surface area contributed by atoms with E-state index >= 15 is 0 Å². The van der Waals surface area contributed by atoms with Crippen LogP contribution in [0.4, 0.5) is 5.95 Å². The summed E-state index contributed by atoms with van der Waals surface area (Å²) in [5, 5.41) is 8.50. The molecule has 0 saturated carbocycles. The first-order valence-corrected chi connectivity index (χ1v) is 11.2. The van der Waals surface area contributed by atoms with E-state index in [2.05, 4.69) is 15.4 Å². The first kappa shape index (κ1) is 22.0. The van der Waals surface area contributed by atoms with Crippen molar-refractivity contribution in [1.82, 2.24) is 14.8 Å². The number of nitrogens with zero attached hydrogens (tertiary/aromatic N) is 3. The summed E-state index contributed by atoms with van der Waals surface area (Å²) in [7, 11) is 0. The molecule has 162 valence electrons. The lowest BCUT2D eigenvalue weighted by molar-refractivity contribution is -0.139. The Morgan fingerprint density at radius 3 is 2.53 bits per heavy atom. The summed E-state index contributed by atoms with van der Waals surface area (Å²) in [5.41, 5.74) is 2.03. The molecule has 1 aromatic heterocycles. The lowest BCUT2D eigenvalue weighted by Crippen LogP contribution is -2.29. The minimum absolute atomic E-state index is 0.289. The summed E-state index contributed by atoms with van der Waals surface area (Å²) in [5.74, 6) is 2.35. The summed E-state index contributed by atoms with van der Waals surface area (Å²) < 4.78 is 18.6. The van der Waals surface area contributed by atoms with Gasteiger partial charge in [0.15, 0.2) is 11.5 Å². The predicted molar refractivity (Wildman–Crippen MR) is 116 cm³/mol. The molecule has 3 rings (SSSR count). The topological polar surface area (TPSA) is 87.5 Å². The highest BCUT2D eigenvalue weighted by Crippen LogP contribution is 2.39. The average Bonchev–Trinajstić information content (AvgIpc) is 3.11. The van der Waals surface area contributed by atoms with Crippen molar-refractivity contribution in [3.05, 3.63) is 35.0 Å². The van der Waals surface area contributed by atoms with Crippen LogP contribution in [0.3, 0.4) is 0 Å². The van der Waals surface area contributed by atoms with Crippen molar-refractivity contribution >= 4 is 23.7 Å². The maximum Gasteiger partial charge on any atom is 0.338 e. The molecular formula is C21H28N4O4S. The first-order valence-electron chi connectivity index (χ1n) is 10.2. The van der Waals surface area contributed by atoms with Crippen molar-refractivity contribution in [2.24, 2.45) is 0 Å². The Hall–Kier alpha value is -2.68. The van der Waals surface area contributed by atoms with Gasteiger partial charge in [-0.15, -0.1) is 5.10 Å². The molecular weight excluding hydrogens is 404 g/mol. The van der Waals surface area contributed by atoms with Crippen LogP contribution in [-0.2, 0) is 9.53 Å². The third-order valence-corrected chi connectivity index (χ3v) is 5.20. The lowest BCUT2D eigenvalue weighted by Gasteiger charge is -2.28. The number of nitrogens with one attached hydrogen (secondary N) is 1. The van der Waals surface area contributed by atoms with Crippen LogP contribution in [0.2, 0.25) is 0 Å². The zero-order chi connectivity index (χ0) is 21.7. The van der Waals surface area contributed by atoms with Gasteiger partial charge in [0.1, 0.15) is 6.04 Å². The van der Waals surface area contributed by atoms with Gasteiger partial charge < -0.3 is 19.5 Å². The number of carbonyl (C=O) groups is 1. The van der Waals surface area contributed by atoms with E-state index < -0.39 is 6.04 Å². The van der Waals surface area contributed by atoms with Crippen LogP contribution in [0.15, 0.2) is 34.6 Å². The lowest BCUT2D eigenvalue weighted by atomic mass is 9.95. The van der Waals surface area contributed by atoms with E-state index in [-0.39, 0.29) is 12.6 Å². The Morgan fingerprint density at radius 2 is 1.87 bits per heavy atom. The molecule has 1 atom stereocenters. The van der Waals surface area contributed by atoms with E-state index in [1.807, 2.05) is 45.9 Å². The number of carbonyl (C=O) groups excluding carboxylic acids is 1. The van der Waals surface area contributed by atoms with Gasteiger partial charge in [-0.25, -0.2) is 9.48 Å². The molecule has 9 heteroatoms. The second-order valence-corrected chi connectivity index (χ2v) is 7.69. The number of aromatic nitrogens is 3. The van der Waals surface area contributed by atoms with Crippen molar-refractivity contribution < 1.29 is 19.0 Å². The van der Waals surface area contributed by atoms with Crippen molar-refractivity contribution in [2.75, 3.05) is 30.9 Å². The van der Waals surface area contributed by atoms with E-state index in [4.69, 9.17) is 14.2 Å². The monoisotopic (exact) mass is 432 g/mol. The highest BCUT2D eigenvalue weighted by Gasteiger charge is 2.35. The minimum Gasteiger partial charge on any atom is -0.490 e. The van der Waals surface area contributed by atoms with Gasteiger partial charge in [-0.3, -0.25) is 0 Å². The zero-order valence-electron chi connectivity index (χ0n) is 18.0. The van der Waals surface area contributed by atoms with Crippen LogP contribution in [-0.4, -0.2) is 46.3 Å². The summed E-state index contributed by atoms with van der Waals surface area (Å²) in [6, 6.07) is 5.19. The number of esters is 1. The van der Waals surface area contributed by atoms with Gasteiger partial charge in [-0.2, -0.15) is 4.98 Å². The molecule has 8 nitrogen and oxygen atoms in total. The van der Waals surface area contributed by atoms with E-state index in [9.17, 15) is 4.79 Å². The van der Waals surface area contributed by atoms with Gasteiger partial charge >= 0.3 is 5.97 Å². The SMILES string of the molecule is CCOC(=O)C1=C(C)Nc2nc(SCC)nn2C1c1ccc(OCC)c(OCC)c1. The van der Waals surface area contributed by atoms with Crippen LogP contribution in [0, 0.1) is 0 Å². The summed E-state index contributed by atoms with van der Waals surface area (Å²) in [6.07, 6.45) is 0. The fourth-order valence-corrected chi connectivity index (χ4v) is 3.90. The number of ether oxygens (including phenoxy) is 3. The summed E-state index contributed by atoms with van der Waals surface area (Å²) >= 11 is 1.55. The predicted octanol–water partition coefficient (Wildman–Crippen LogP) is 4.04. The fraction of sp³-hybridized carbons (Fsp3) is 0.476. The molecule has 2 heterocycles. The number of rotatable bonds is 9. The van der Waals surface area contributed by atoms with E-state index in [0.717, 1.165) is 11.3 Å². The summed E-state index contributed by atoms with van der Waals surface area (Å²) in [4.78, 5) is 17.4. The van der Waals surface area contributed by atoms with Gasteiger partial charge in [0.25, 0.3) is 0 Å². The standard InChI is InChI=1S/C21H28N4O4S/c1-6-27-15-11-10-14(12-16(15)28-7-2)18-17(19(26)29-8-3)13(5)22-20-23-21(30-9-4)24-25(18)20/h10-12,18H,6-9H2,1-5H3,(H,22,23,24). The molecule has 30 heavy (non-hydrogen) atoms. The summed E-state index contributed by atoms with van der Waals surface area (Å²) in [6.45, 7) is 10.9. The first-order chi connectivity index (χ1) is 14.5. The average molecular weight is 433 g/mol. The normalized spacial score (nSPS) is 15.4. The highest BCUT2D eigenvalue weighted by atomic mass is 32.2. The molecule has 1 unspecified atom stereocenters. The third-order valence-electron chi connectivity index (χ3n) is 4.49. The Kier molecular flexibility index (Phi) is 7.25. The van der Waals surface area contributed by atoms with Crippen molar-refractivity contribution in [3.63, 3.8) is 0 Å². The number of thioether (sulfide) groups is 1. The van der Waals surface area contributed by atoms with Gasteiger partial charge in [-0.05, 0) is 51.1 Å². The van der Waals surface area contributed by atoms with E-state index in [1.165, 1.54) is 0 Å². The van der Waals surface area contributed by atoms with Gasteiger partial charge in [-0.1, -0.05) is 24.8 Å². The Bertz CT molecular complexity index is 941. The molecule has 0 bridgehead atoms. The second-order valence-electron chi connectivity index (χ2n) is 6.45. The smallest absolute Gasteiger partial charge is 0.338 e. The molecule has 1 aliphatic heterocycles. The zero-order valence-corrected chi connectivity index (χ0v) is 18.8. The molecule has 0 saturated heterocycles. The maximum absolute atomic E-state index is 12.9. The van der Waals surface area contributed by atoms with Crippen LogP contribution in [0.1, 0.15) is 46.2 Å². The number of hydrogen-bond donors (Lipinski definition) is 1. The van der Waals surface area contributed by atoms with Gasteiger partial charge in [0, 0.05) is 5.70 Å². The highest BCUT2D eigenvalue weighted by molar-refractivity contribution is 7.99. The quantitative estimate of drug-likeness (QED) is 0.469. The Labute approximate surface area is 181 Å². The van der Waals surface area contributed by atoms with Gasteiger partial charge in [0.2, 0.25) is 11.1 Å². The molecule has 2 aromatic rings. The molecule has 0 radical (unpaired) electrons. The fourth-order valence-electron chi connectivity index (χ4n) is 3.34. The van der Waals surface area contributed by atoms with Crippen LogP contribution >= 0.6 is 11.8 Å². The van der Waals surface area contributed by atoms with Crippen LogP contribution < -0.4 is 14.8 Å². The van der Waals surface area contributed by atoms with E-state index in [0.29, 0.717) is 47.1 Å². The van der Waals surface area contributed by atoms with Crippen molar-refractivity contribution in [3.8, 4) is 11.5 Å².